The molecule has 6 heteroatoms. The maximum absolute atomic E-state index is 12.9. The number of unbranched alkanes of at least 4 members (excludes halogenated alkanes) is 29. The largest absolute Gasteiger partial charge is 0.462 e. The molecule has 0 rings (SSSR count). The van der Waals surface area contributed by atoms with Crippen LogP contribution in [0.3, 0.4) is 0 Å². The molecule has 0 aromatic carbocycles. The Kier molecular flexibility index (Phi) is 66.3. The Morgan fingerprint density at radius 3 is 0.807 bits per heavy atom. The number of carbonyl (C=O) groups excluding carboxylic acids is 3. The number of allylic oxidation sites excluding steroid dienone is 22. The molecule has 0 aromatic heterocycles. The zero-order valence-electron chi connectivity index (χ0n) is 54.2. The van der Waals surface area contributed by atoms with E-state index < -0.39 is 6.10 Å². The molecule has 1 atom stereocenters. The van der Waals surface area contributed by atoms with Gasteiger partial charge in [-0.2, -0.15) is 0 Å². The summed E-state index contributed by atoms with van der Waals surface area (Å²) in [5.41, 5.74) is 0. The van der Waals surface area contributed by atoms with E-state index in [0.29, 0.717) is 19.3 Å². The van der Waals surface area contributed by atoms with Gasteiger partial charge in [0.15, 0.2) is 6.10 Å². The van der Waals surface area contributed by atoms with Crippen molar-refractivity contribution < 1.29 is 28.6 Å². The average molecular weight is 1150 g/mol. The number of hydrogen-bond acceptors (Lipinski definition) is 6. The highest BCUT2D eigenvalue weighted by Crippen LogP contribution is 2.17. The fourth-order valence-corrected chi connectivity index (χ4v) is 9.56. The van der Waals surface area contributed by atoms with Gasteiger partial charge >= 0.3 is 17.9 Å². The van der Waals surface area contributed by atoms with Crippen molar-refractivity contribution in [2.75, 3.05) is 13.2 Å². The van der Waals surface area contributed by atoms with E-state index in [9.17, 15) is 14.4 Å². The zero-order chi connectivity index (χ0) is 59.9. The first-order chi connectivity index (χ1) is 41.0. The van der Waals surface area contributed by atoms with Crippen LogP contribution in [0.1, 0.15) is 316 Å². The minimum absolute atomic E-state index is 0.115. The third-order valence-electron chi connectivity index (χ3n) is 14.7. The van der Waals surface area contributed by atoms with E-state index in [-0.39, 0.29) is 44.0 Å². The second-order valence-corrected chi connectivity index (χ2v) is 22.7. The van der Waals surface area contributed by atoms with Gasteiger partial charge in [-0.15, -0.1) is 0 Å². The van der Waals surface area contributed by atoms with E-state index in [1.54, 1.807) is 0 Å². The molecule has 0 aliphatic rings. The van der Waals surface area contributed by atoms with Crippen LogP contribution in [-0.4, -0.2) is 37.2 Å². The molecule has 0 heterocycles. The summed E-state index contributed by atoms with van der Waals surface area (Å²) >= 11 is 0. The SMILES string of the molecule is CC/C=C\C/C=C\C/C=C\C/C=C\C/C=C\C/C=C\C/C=C\CCCCCC(=O)OC(COC(=O)CC/C=C\C/C=C\C/C=C\C/C=C\CC)COC(=O)CCCCCCCCCCCCCCCCCCCCCCCCCCCCC. The van der Waals surface area contributed by atoms with E-state index in [4.69, 9.17) is 14.2 Å². The lowest BCUT2D eigenvalue weighted by molar-refractivity contribution is -0.166. The highest BCUT2D eigenvalue weighted by molar-refractivity contribution is 5.71. The second kappa shape index (κ2) is 70.0. The fourth-order valence-electron chi connectivity index (χ4n) is 9.56. The van der Waals surface area contributed by atoms with Crippen molar-refractivity contribution >= 4 is 17.9 Å². The maximum Gasteiger partial charge on any atom is 0.306 e. The molecule has 0 aliphatic heterocycles. The van der Waals surface area contributed by atoms with Crippen molar-refractivity contribution in [1.29, 1.82) is 0 Å². The second-order valence-electron chi connectivity index (χ2n) is 22.7. The normalized spacial score (nSPS) is 13.0. The van der Waals surface area contributed by atoms with E-state index in [1.807, 2.05) is 6.08 Å². The van der Waals surface area contributed by atoms with Gasteiger partial charge in [-0.1, -0.05) is 328 Å². The number of ether oxygens (including phenoxy) is 3. The summed E-state index contributed by atoms with van der Waals surface area (Å²) < 4.78 is 16.8. The van der Waals surface area contributed by atoms with E-state index >= 15 is 0 Å². The molecule has 0 aliphatic carbocycles. The number of carbonyl (C=O) groups is 3. The summed E-state index contributed by atoms with van der Waals surface area (Å²) in [6, 6.07) is 0. The van der Waals surface area contributed by atoms with Crippen molar-refractivity contribution in [1.82, 2.24) is 0 Å². The molecule has 0 spiro atoms. The topological polar surface area (TPSA) is 78.9 Å². The molecule has 83 heavy (non-hydrogen) atoms. The van der Waals surface area contributed by atoms with Gasteiger partial charge in [0.05, 0.1) is 0 Å². The molecule has 472 valence electrons. The molecule has 0 saturated carbocycles. The van der Waals surface area contributed by atoms with Gasteiger partial charge < -0.3 is 14.2 Å². The first kappa shape index (κ1) is 78.5. The summed E-state index contributed by atoms with van der Waals surface area (Å²) in [7, 11) is 0. The number of hydrogen-bond donors (Lipinski definition) is 0. The Hall–Kier alpha value is -4.45. The summed E-state index contributed by atoms with van der Waals surface area (Å²) in [6.07, 6.45) is 99.3. The standard InChI is InChI=1S/C77H128O6/c1-4-7-10-13-16-19-22-25-27-29-31-33-35-37-38-40-41-43-45-47-49-52-55-58-61-64-67-70-76(79)82-73-74(72-81-75(78)69-66-63-60-57-54-51-24-21-18-15-12-9-6-3)83-77(80)71-68-65-62-59-56-53-50-48-46-44-42-39-36-34-32-30-28-26-23-20-17-14-11-8-5-2/h8-9,11-12,17-18,20-21,26,28,32,34,39,42,46,48,51,53-54,56,60,63,74H,4-7,10,13-16,19,22-25,27,29-31,33,35-38,40-41,43-45,47,49-50,52,55,57-59,61-62,64-73H2,1-3H3/b11-8-,12-9-,20-17-,21-18-,28-26-,34-32-,42-39-,48-46-,54-51-,56-53-,63-60-. The Bertz CT molecular complexity index is 1750. The lowest BCUT2D eigenvalue weighted by atomic mass is 10.0. The third kappa shape index (κ3) is 68.2. The van der Waals surface area contributed by atoms with E-state index in [2.05, 4.69) is 148 Å². The van der Waals surface area contributed by atoms with Crippen LogP contribution in [0.25, 0.3) is 0 Å². The van der Waals surface area contributed by atoms with Crippen LogP contribution in [0.2, 0.25) is 0 Å². The predicted octanol–water partition coefficient (Wildman–Crippen LogP) is 24.1. The van der Waals surface area contributed by atoms with Gasteiger partial charge in [0, 0.05) is 19.3 Å². The molecule has 0 saturated heterocycles. The highest BCUT2D eigenvalue weighted by atomic mass is 16.6. The molecule has 6 nitrogen and oxygen atoms in total. The minimum Gasteiger partial charge on any atom is -0.462 e. The van der Waals surface area contributed by atoms with Crippen LogP contribution in [0.5, 0.6) is 0 Å². The molecule has 0 bridgehead atoms. The van der Waals surface area contributed by atoms with Crippen molar-refractivity contribution in [3.63, 3.8) is 0 Å². The quantitative estimate of drug-likeness (QED) is 0.0261. The fraction of sp³-hybridized carbons (Fsp3) is 0.675. The molecular formula is C77H128O6. The number of rotatable bonds is 62. The van der Waals surface area contributed by atoms with Gasteiger partial charge in [-0.3, -0.25) is 14.4 Å². The Morgan fingerprint density at radius 2 is 0.494 bits per heavy atom. The van der Waals surface area contributed by atoms with Gasteiger partial charge in [0.25, 0.3) is 0 Å². The van der Waals surface area contributed by atoms with Gasteiger partial charge in [-0.25, -0.2) is 0 Å². The van der Waals surface area contributed by atoms with Crippen molar-refractivity contribution in [3.05, 3.63) is 134 Å². The van der Waals surface area contributed by atoms with Gasteiger partial charge in [0.1, 0.15) is 13.2 Å². The Labute approximate surface area is 513 Å². The van der Waals surface area contributed by atoms with E-state index in [1.165, 1.54) is 154 Å². The monoisotopic (exact) mass is 1150 g/mol. The molecular weight excluding hydrogens is 1020 g/mol. The first-order valence-corrected chi connectivity index (χ1v) is 34.7. The zero-order valence-corrected chi connectivity index (χ0v) is 54.2. The summed E-state index contributed by atoms with van der Waals surface area (Å²) in [6.45, 7) is 6.35. The van der Waals surface area contributed by atoms with E-state index in [0.717, 1.165) is 109 Å². The van der Waals surface area contributed by atoms with Crippen molar-refractivity contribution in [2.45, 2.75) is 322 Å². The van der Waals surface area contributed by atoms with Gasteiger partial charge in [0.2, 0.25) is 0 Å². The molecule has 0 radical (unpaired) electrons. The smallest absolute Gasteiger partial charge is 0.306 e. The molecule has 0 N–H and O–H groups in total. The predicted molar refractivity (Wildman–Crippen MR) is 362 cm³/mol. The lowest BCUT2D eigenvalue weighted by Gasteiger charge is -2.18. The van der Waals surface area contributed by atoms with Crippen LogP contribution in [-0.2, 0) is 28.6 Å². The maximum atomic E-state index is 12.9. The molecule has 0 aromatic rings. The van der Waals surface area contributed by atoms with Crippen LogP contribution in [0.4, 0.5) is 0 Å². The first-order valence-electron chi connectivity index (χ1n) is 34.7. The third-order valence-corrected chi connectivity index (χ3v) is 14.7. The Balaban J connectivity index is 4.37. The number of esters is 3. The summed E-state index contributed by atoms with van der Waals surface area (Å²) in [4.78, 5) is 38.3. The van der Waals surface area contributed by atoms with Gasteiger partial charge in [-0.05, 0) is 103 Å². The van der Waals surface area contributed by atoms with Crippen LogP contribution in [0, 0.1) is 0 Å². The molecule has 0 amide bonds. The van der Waals surface area contributed by atoms with Crippen LogP contribution < -0.4 is 0 Å². The minimum atomic E-state index is -0.830. The Morgan fingerprint density at radius 1 is 0.253 bits per heavy atom. The summed E-state index contributed by atoms with van der Waals surface area (Å²) in [5.74, 6) is -1.03. The van der Waals surface area contributed by atoms with Crippen molar-refractivity contribution in [2.24, 2.45) is 0 Å². The lowest BCUT2D eigenvalue weighted by Crippen LogP contribution is -2.30. The molecule has 1 unspecified atom stereocenters. The highest BCUT2D eigenvalue weighted by Gasteiger charge is 2.19. The van der Waals surface area contributed by atoms with Crippen molar-refractivity contribution in [3.8, 4) is 0 Å². The van der Waals surface area contributed by atoms with Crippen LogP contribution >= 0.6 is 0 Å². The summed E-state index contributed by atoms with van der Waals surface area (Å²) in [5, 5.41) is 0. The molecule has 0 fully saturated rings. The van der Waals surface area contributed by atoms with Crippen LogP contribution in [0.15, 0.2) is 134 Å². The average Bonchev–Trinajstić information content (AvgIpc) is 3.49.